The number of hydrogen-bond acceptors (Lipinski definition) is 7. The number of nitrogens with one attached hydrogen (secondary N) is 1. The molecule has 0 aromatic heterocycles. The first-order valence-electron chi connectivity index (χ1n) is 10.4. The van der Waals surface area contributed by atoms with Gasteiger partial charge in [-0.2, -0.15) is 0 Å². The average Bonchev–Trinajstić information content (AvgIpc) is 3.13. The number of carbonyl (C=O) groups is 2. The molecule has 0 bridgehead atoms. The number of allylic oxidation sites excluding steroid dienone is 1. The molecule has 0 saturated heterocycles. The number of thioether (sulfide) groups is 1. The second-order valence-electron chi connectivity index (χ2n) is 7.95. The SMILES string of the molecule is COCCOC(=O)C1=C(C)N=C2SC=C(CC(=O)NCC(C)C)N2C1c1cccc(F)c1. The number of fused-ring (bicyclic) bond motifs is 1. The summed E-state index contributed by atoms with van der Waals surface area (Å²) in [4.78, 5) is 31.9. The summed E-state index contributed by atoms with van der Waals surface area (Å²) in [6.45, 7) is 6.71. The number of benzene rings is 1. The molecule has 1 aromatic rings. The summed E-state index contributed by atoms with van der Waals surface area (Å²) in [5.41, 5.74) is 2.08. The maximum atomic E-state index is 14.1. The van der Waals surface area contributed by atoms with E-state index in [1.54, 1.807) is 19.1 Å². The Morgan fingerprint density at radius 1 is 1.31 bits per heavy atom. The summed E-state index contributed by atoms with van der Waals surface area (Å²) in [6, 6.07) is 5.44. The van der Waals surface area contributed by atoms with Gasteiger partial charge in [-0.1, -0.05) is 37.7 Å². The van der Waals surface area contributed by atoms with E-state index in [0.717, 1.165) is 0 Å². The summed E-state index contributed by atoms with van der Waals surface area (Å²) < 4.78 is 24.5. The van der Waals surface area contributed by atoms with Crippen LogP contribution in [-0.4, -0.2) is 48.8 Å². The number of amides is 1. The van der Waals surface area contributed by atoms with Crippen LogP contribution in [0.4, 0.5) is 4.39 Å². The largest absolute Gasteiger partial charge is 0.460 e. The highest BCUT2D eigenvalue weighted by molar-refractivity contribution is 8.16. The van der Waals surface area contributed by atoms with Crippen molar-refractivity contribution in [2.24, 2.45) is 10.9 Å². The third-order valence-corrected chi connectivity index (χ3v) is 5.84. The van der Waals surface area contributed by atoms with Crippen molar-refractivity contribution in [3.63, 3.8) is 0 Å². The smallest absolute Gasteiger partial charge is 0.338 e. The standard InChI is InChI=1S/C23H28FN3O4S/c1-14(2)12-25-19(28)11-18-13-32-23-26-15(3)20(22(29)31-9-8-30-4)21(27(18)23)16-6-5-7-17(24)10-16/h5-7,10,13-14,21H,8-9,11-12H2,1-4H3,(H,25,28). The molecule has 1 atom stereocenters. The zero-order valence-electron chi connectivity index (χ0n) is 18.7. The van der Waals surface area contributed by atoms with Gasteiger partial charge in [-0.3, -0.25) is 4.79 Å². The number of halogens is 1. The molecule has 2 aliphatic rings. The fraction of sp³-hybridized carbons (Fsp3) is 0.435. The van der Waals surface area contributed by atoms with Crippen LogP contribution in [0.2, 0.25) is 0 Å². The molecule has 2 heterocycles. The van der Waals surface area contributed by atoms with E-state index in [1.807, 2.05) is 24.2 Å². The molecule has 0 radical (unpaired) electrons. The number of carbonyl (C=O) groups excluding carboxylic acids is 2. The Kier molecular flexibility index (Phi) is 8.09. The molecule has 1 aromatic carbocycles. The Labute approximate surface area is 191 Å². The van der Waals surface area contributed by atoms with Crippen LogP contribution in [0.15, 0.2) is 51.6 Å². The van der Waals surface area contributed by atoms with Gasteiger partial charge in [0.25, 0.3) is 0 Å². The van der Waals surface area contributed by atoms with Gasteiger partial charge in [0.2, 0.25) is 5.91 Å². The highest BCUT2D eigenvalue weighted by Gasteiger charge is 2.41. The quantitative estimate of drug-likeness (QED) is 0.446. The Morgan fingerprint density at radius 3 is 2.78 bits per heavy atom. The molecule has 0 aliphatic carbocycles. The molecule has 0 spiro atoms. The van der Waals surface area contributed by atoms with Crippen molar-refractivity contribution in [2.75, 3.05) is 26.9 Å². The molecule has 9 heteroatoms. The van der Waals surface area contributed by atoms with Crippen LogP contribution in [0.25, 0.3) is 0 Å². The fourth-order valence-corrected chi connectivity index (χ4v) is 4.43. The summed E-state index contributed by atoms with van der Waals surface area (Å²) in [6.07, 6.45) is 0.121. The minimum atomic E-state index is -0.660. The summed E-state index contributed by atoms with van der Waals surface area (Å²) in [7, 11) is 1.52. The van der Waals surface area contributed by atoms with E-state index in [-0.39, 0.29) is 25.5 Å². The van der Waals surface area contributed by atoms with E-state index in [1.165, 1.54) is 31.0 Å². The van der Waals surface area contributed by atoms with Crippen LogP contribution in [-0.2, 0) is 19.1 Å². The van der Waals surface area contributed by atoms with Crippen LogP contribution in [0, 0.1) is 11.7 Å². The van der Waals surface area contributed by atoms with Crippen LogP contribution >= 0.6 is 11.8 Å². The highest BCUT2D eigenvalue weighted by Crippen LogP contribution is 2.44. The van der Waals surface area contributed by atoms with Gasteiger partial charge >= 0.3 is 5.97 Å². The maximum Gasteiger partial charge on any atom is 0.338 e. The fourth-order valence-electron chi connectivity index (χ4n) is 3.46. The monoisotopic (exact) mass is 461 g/mol. The zero-order valence-corrected chi connectivity index (χ0v) is 19.5. The van der Waals surface area contributed by atoms with Crippen molar-refractivity contribution in [3.05, 3.63) is 58.0 Å². The van der Waals surface area contributed by atoms with Gasteiger partial charge in [-0.05, 0) is 35.9 Å². The summed E-state index contributed by atoms with van der Waals surface area (Å²) in [5.74, 6) is -0.752. The van der Waals surface area contributed by atoms with Crippen LogP contribution in [0.1, 0.15) is 38.8 Å². The number of methoxy groups -OCH3 is 1. The third kappa shape index (κ3) is 5.58. The van der Waals surface area contributed by atoms with E-state index in [0.29, 0.717) is 40.2 Å². The normalized spacial score (nSPS) is 17.8. The Morgan fingerprint density at radius 2 is 2.09 bits per heavy atom. The summed E-state index contributed by atoms with van der Waals surface area (Å²) in [5, 5.41) is 5.40. The van der Waals surface area contributed by atoms with Gasteiger partial charge in [0.15, 0.2) is 5.17 Å². The number of rotatable bonds is 9. The zero-order chi connectivity index (χ0) is 23.3. The number of nitrogens with zero attached hydrogens (tertiary/aromatic N) is 2. The molecule has 0 saturated carbocycles. The first-order chi connectivity index (χ1) is 15.3. The van der Waals surface area contributed by atoms with Gasteiger partial charge < -0.3 is 19.7 Å². The second-order valence-corrected chi connectivity index (χ2v) is 8.79. The number of hydrogen-bond donors (Lipinski definition) is 1. The third-order valence-electron chi connectivity index (χ3n) is 4.95. The average molecular weight is 462 g/mol. The molecule has 1 N–H and O–H groups in total. The van der Waals surface area contributed by atoms with E-state index in [2.05, 4.69) is 10.3 Å². The van der Waals surface area contributed by atoms with Crippen molar-refractivity contribution in [3.8, 4) is 0 Å². The Bertz CT molecular complexity index is 974. The molecule has 3 rings (SSSR count). The number of ether oxygens (including phenoxy) is 2. The van der Waals surface area contributed by atoms with Gasteiger partial charge in [0, 0.05) is 19.4 Å². The first kappa shape index (κ1) is 24.0. The van der Waals surface area contributed by atoms with Gasteiger partial charge in [-0.25, -0.2) is 14.2 Å². The molecule has 7 nitrogen and oxygen atoms in total. The molecular formula is C23H28FN3O4S. The molecule has 172 valence electrons. The topological polar surface area (TPSA) is 80.2 Å². The van der Waals surface area contributed by atoms with Crippen LogP contribution in [0.5, 0.6) is 0 Å². The van der Waals surface area contributed by atoms with Crippen LogP contribution in [0.3, 0.4) is 0 Å². The maximum absolute atomic E-state index is 14.1. The number of amidine groups is 1. The summed E-state index contributed by atoms with van der Waals surface area (Å²) >= 11 is 1.38. The minimum Gasteiger partial charge on any atom is -0.460 e. The van der Waals surface area contributed by atoms with Crippen LogP contribution < -0.4 is 5.32 Å². The molecule has 0 fully saturated rings. The van der Waals surface area contributed by atoms with Crippen molar-refractivity contribution in [1.82, 2.24) is 10.2 Å². The predicted molar refractivity (Wildman–Crippen MR) is 122 cm³/mol. The first-order valence-corrected chi connectivity index (χ1v) is 11.3. The van der Waals surface area contributed by atoms with Crippen molar-refractivity contribution in [1.29, 1.82) is 0 Å². The molecule has 1 unspecified atom stereocenters. The number of aliphatic imine (C=N–C) groups is 1. The lowest BCUT2D eigenvalue weighted by atomic mass is 9.93. The lowest BCUT2D eigenvalue weighted by Gasteiger charge is -2.36. The van der Waals surface area contributed by atoms with Gasteiger partial charge in [0.1, 0.15) is 12.4 Å². The lowest BCUT2D eigenvalue weighted by Crippen LogP contribution is -2.38. The van der Waals surface area contributed by atoms with Crippen molar-refractivity contribution >= 4 is 28.8 Å². The van der Waals surface area contributed by atoms with E-state index in [9.17, 15) is 14.0 Å². The van der Waals surface area contributed by atoms with E-state index < -0.39 is 17.8 Å². The molecule has 1 amide bonds. The number of esters is 1. The van der Waals surface area contributed by atoms with Gasteiger partial charge in [0.05, 0.1) is 30.3 Å². The second kappa shape index (κ2) is 10.8. The lowest BCUT2D eigenvalue weighted by molar-refractivity contribution is -0.141. The Hall–Kier alpha value is -2.65. The minimum absolute atomic E-state index is 0.0909. The highest BCUT2D eigenvalue weighted by atomic mass is 32.2. The van der Waals surface area contributed by atoms with E-state index in [4.69, 9.17) is 9.47 Å². The molecular weight excluding hydrogens is 433 g/mol. The van der Waals surface area contributed by atoms with Crippen molar-refractivity contribution in [2.45, 2.75) is 33.2 Å². The molecule has 32 heavy (non-hydrogen) atoms. The van der Waals surface area contributed by atoms with E-state index >= 15 is 0 Å². The molecule has 2 aliphatic heterocycles. The van der Waals surface area contributed by atoms with Crippen molar-refractivity contribution < 1.29 is 23.5 Å². The Balaban J connectivity index is 1.95. The predicted octanol–water partition coefficient (Wildman–Crippen LogP) is 3.75. The van der Waals surface area contributed by atoms with Gasteiger partial charge in [-0.15, -0.1) is 0 Å².